The maximum absolute atomic E-state index is 5.77. The highest BCUT2D eigenvalue weighted by atomic mass is 16.5. The zero-order valence-corrected chi connectivity index (χ0v) is 7.21. The van der Waals surface area contributed by atoms with Crippen LogP contribution in [-0.2, 0) is 6.42 Å². The van der Waals surface area contributed by atoms with Gasteiger partial charge in [0.15, 0.2) is 0 Å². The standard InChI is InChI=1S/C10H13NO/c1-7-2-3-10-8(4-7)5-9(11)6-12-10/h2-4,9H,5-6,11H2,1H3. The second-order valence-corrected chi connectivity index (χ2v) is 3.39. The van der Waals surface area contributed by atoms with Gasteiger partial charge in [-0.05, 0) is 25.0 Å². The third kappa shape index (κ3) is 1.30. The Bertz CT molecular complexity index is 296. The molecule has 0 fully saturated rings. The molecule has 1 aliphatic rings. The Morgan fingerprint density at radius 2 is 2.33 bits per heavy atom. The molecule has 0 saturated heterocycles. The number of aryl methyl sites for hydroxylation is 1. The number of fused-ring (bicyclic) bond motifs is 1. The number of rotatable bonds is 0. The first-order valence-corrected chi connectivity index (χ1v) is 4.23. The number of hydrogen-bond donors (Lipinski definition) is 1. The van der Waals surface area contributed by atoms with Crippen molar-refractivity contribution in [2.24, 2.45) is 5.73 Å². The Balaban J connectivity index is 2.37. The van der Waals surface area contributed by atoms with Gasteiger partial charge in [-0.3, -0.25) is 0 Å². The van der Waals surface area contributed by atoms with Crippen LogP contribution in [0.2, 0.25) is 0 Å². The summed E-state index contributed by atoms with van der Waals surface area (Å²) in [5.74, 6) is 1.00. The van der Waals surface area contributed by atoms with E-state index in [9.17, 15) is 0 Å². The lowest BCUT2D eigenvalue weighted by molar-refractivity contribution is 0.263. The van der Waals surface area contributed by atoms with Gasteiger partial charge in [-0.1, -0.05) is 17.7 Å². The van der Waals surface area contributed by atoms with Crippen molar-refractivity contribution >= 4 is 0 Å². The van der Waals surface area contributed by atoms with E-state index in [4.69, 9.17) is 10.5 Å². The lowest BCUT2D eigenvalue weighted by atomic mass is 10.0. The average molecular weight is 163 g/mol. The molecule has 0 bridgehead atoms. The van der Waals surface area contributed by atoms with Crippen molar-refractivity contribution in [2.75, 3.05) is 6.61 Å². The Kier molecular flexibility index (Phi) is 1.77. The molecular formula is C10H13NO. The minimum Gasteiger partial charge on any atom is -0.492 e. The number of hydrogen-bond acceptors (Lipinski definition) is 2. The second kappa shape index (κ2) is 2.79. The van der Waals surface area contributed by atoms with E-state index in [1.54, 1.807) is 0 Å². The molecule has 0 radical (unpaired) electrons. The molecule has 0 spiro atoms. The molecule has 1 heterocycles. The molecule has 2 N–H and O–H groups in total. The number of nitrogens with two attached hydrogens (primary N) is 1. The van der Waals surface area contributed by atoms with Crippen LogP contribution < -0.4 is 10.5 Å². The van der Waals surface area contributed by atoms with Crippen molar-refractivity contribution in [2.45, 2.75) is 19.4 Å². The van der Waals surface area contributed by atoms with Crippen molar-refractivity contribution in [3.63, 3.8) is 0 Å². The Labute approximate surface area is 72.3 Å². The van der Waals surface area contributed by atoms with Gasteiger partial charge in [0.05, 0.1) is 0 Å². The van der Waals surface area contributed by atoms with Crippen molar-refractivity contribution in [1.29, 1.82) is 0 Å². The maximum atomic E-state index is 5.77. The summed E-state index contributed by atoms with van der Waals surface area (Å²) in [6, 6.07) is 6.40. The summed E-state index contributed by atoms with van der Waals surface area (Å²) in [6.45, 7) is 2.73. The van der Waals surface area contributed by atoms with E-state index in [1.165, 1.54) is 11.1 Å². The zero-order chi connectivity index (χ0) is 8.55. The van der Waals surface area contributed by atoms with Gasteiger partial charge >= 0.3 is 0 Å². The minimum absolute atomic E-state index is 0.166. The zero-order valence-electron chi connectivity index (χ0n) is 7.21. The molecule has 12 heavy (non-hydrogen) atoms. The van der Waals surface area contributed by atoms with Gasteiger partial charge in [-0.25, -0.2) is 0 Å². The van der Waals surface area contributed by atoms with Crippen LogP contribution in [0.4, 0.5) is 0 Å². The van der Waals surface area contributed by atoms with Gasteiger partial charge in [-0.15, -0.1) is 0 Å². The van der Waals surface area contributed by atoms with E-state index >= 15 is 0 Å². The SMILES string of the molecule is Cc1ccc2c(c1)CC(N)CO2. The summed E-state index contributed by atoms with van der Waals surface area (Å²) < 4.78 is 5.47. The summed E-state index contributed by atoms with van der Waals surface area (Å²) >= 11 is 0. The summed E-state index contributed by atoms with van der Waals surface area (Å²) in [4.78, 5) is 0. The van der Waals surface area contributed by atoms with Crippen molar-refractivity contribution in [3.8, 4) is 5.75 Å². The molecular weight excluding hydrogens is 150 g/mol. The average Bonchev–Trinajstić information content (AvgIpc) is 2.03. The van der Waals surface area contributed by atoms with Crippen LogP contribution in [0.3, 0.4) is 0 Å². The van der Waals surface area contributed by atoms with Crippen LogP contribution in [0.25, 0.3) is 0 Å². The fraction of sp³-hybridized carbons (Fsp3) is 0.400. The largest absolute Gasteiger partial charge is 0.492 e. The van der Waals surface area contributed by atoms with Crippen molar-refractivity contribution in [3.05, 3.63) is 29.3 Å². The van der Waals surface area contributed by atoms with Crippen LogP contribution in [0.5, 0.6) is 5.75 Å². The van der Waals surface area contributed by atoms with Crippen molar-refractivity contribution < 1.29 is 4.74 Å². The molecule has 2 heteroatoms. The summed E-state index contributed by atoms with van der Waals surface area (Å²) in [6.07, 6.45) is 0.941. The molecule has 1 aromatic rings. The van der Waals surface area contributed by atoms with Gasteiger partial charge in [0.25, 0.3) is 0 Å². The normalized spacial score (nSPS) is 21.3. The molecule has 64 valence electrons. The second-order valence-electron chi connectivity index (χ2n) is 3.39. The lowest BCUT2D eigenvalue weighted by Gasteiger charge is -2.22. The van der Waals surface area contributed by atoms with E-state index in [1.807, 2.05) is 6.07 Å². The van der Waals surface area contributed by atoms with Crippen LogP contribution in [0, 0.1) is 6.92 Å². The molecule has 1 atom stereocenters. The van der Waals surface area contributed by atoms with Gasteiger partial charge < -0.3 is 10.5 Å². The fourth-order valence-corrected chi connectivity index (χ4v) is 1.55. The number of ether oxygens (including phenoxy) is 1. The maximum Gasteiger partial charge on any atom is 0.122 e. The molecule has 2 rings (SSSR count). The highest BCUT2D eigenvalue weighted by molar-refractivity contribution is 5.38. The predicted octanol–water partition coefficient (Wildman–Crippen LogP) is 1.26. The van der Waals surface area contributed by atoms with E-state index < -0.39 is 0 Å². The Hall–Kier alpha value is -1.02. The quantitative estimate of drug-likeness (QED) is 0.625. The summed E-state index contributed by atoms with van der Waals surface area (Å²) in [7, 11) is 0. The summed E-state index contributed by atoms with van der Waals surface area (Å²) in [5.41, 5.74) is 8.29. The van der Waals surface area contributed by atoms with E-state index in [2.05, 4.69) is 19.1 Å². The third-order valence-electron chi connectivity index (χ3n) is 2.15. The minimum atomic E-state index is 0.166. The lowest BCUT2D eigenvalue weighted by Crippen LogP contribution is -2.33. The first-order chi connectivity index (χ1) is 5.75. The van der Waals surface area contributed by atoms with Gasteiger partial charge in [-0.2, -0.15) is 0 Å². The molecule has 1 aliphatic heterocycles. The molecule has 0 saturated carbocycles. The van der Waals surface area contributed by atoms with E-state index in [-0.39, 0.29) is 6.04 Å². The molecule has 1 unspecified atom stereocenters. The van der Waals surface area contributed by atoms with Crippen LogP contribution in [-0.4, -0.2) is 12.6 Å². The first-order valence-electron chi connectivity index (χ1n) is 4.23. The molecule has 0 aliphatic carbocycles. The Morgan fingerprint density at radius 3 is 3.17 bits per heavy atom. The fourth-order valence-electron chi connectivity index (χ4n) is 1.55. The molecule has 0 aromatic heterocycles. The summed E-state index contributed by atoms with van der Waals surface area (Å²) in [5, 5.41) is 0. The highest BCUT2D eigenvalue weighted by Crippen LogP contribution is 2.24. The Morgan fingerprint density at radius 1 is 1.50 bits per heavy atom. The number of benzene rings is 1. The molecule has 2 nitrogen and oxygen atoms in total. The van der Waals surface area contributed by atoms with Crippen LogP contribution in [0.1, 0.15) is 11.1 Å². The van der Waals surface area contributed by atoms with Crippen LogP contribution in [0.15, 0.2) is 18.2 Å². The van der Waals surface area contributed by atoms with E-state index in [0.29, 0.717) is 6.61 Å². The van der Waals surface area contributed by atoms with Gasteiger partial charge in [0, 0.05) is 6.04 Å². The molecule has 1 aromatic carbocycles. The van der Waals surface area contributed by atoms with Crippen LogP contribution >= 0.6 is 0 Å². The van der Waals surface area contributed by atoms with Crippen molar-refractivity contribution in [1.82, 2.24) is 0 Å². The highest BCUT2D eigenvalue weighted by Gasteiger charge is 2.15. The monoisotopic (exact) mass is 163 g/mol. The smallest absolute Gasteiger partial charge is 0.122 e. The topological polar surface area (TPSA) is 35.2 Å². The van der Waals surface area contributed by atoms with Gasteiger partial charge in [0.2, 0.25) is 0 Å². The van der Waals surface area contributed by atoms with E-state index in [0.717, 1.165) is 12.2 Å². The third-order valence-corrected chi connectivity index (χ3v) is 2.15. The predicted molar refractivity (Wildman–Crippen MR) is 48.4 cm³/mol. The van der Waals surface area contributed by atoms with Gasteiger partial charge in [0.1, 0.15) is 12.4 Å². The first kappa shape index (κ1) is 7.62. The molecule has 0 amide bonds.